The van der Waals surface area contributed by atoms with Gasteiger partial charge in [-0.2, -0.15) is 0 Å². The van der Waals surface area contributed by atoms with Crippen LogP contribution < -0.4 is 10.1 Å². The minimum atomic E-state index is -0.433. The molecule has 152 valence electrons. The predicted molar refractivity (Wildman–Crippen MR) is 114 cm³/mol. The minimum absolute atomic E-state index is 0.161. The molecule has 0 aliphatic heterocycles. The monoisotopic (exact) mass is 468 g/mol. The number of aromatic nitrogens is 1. The number of hydrogen-bond donors (Lipinski definition) is 1. The first kappa shape index (κ1) is 22.4. The molecule has 1 N–H and O–H groups in total. The number of nitrogens with zero attached hydrogens (tertiary/aromatic N) is 1. The quantitative estimate of drug-likeness (QED) is 0.405. The van der Waals surface area contributed by atoms with Crippen molar-refractivity contribution in [2.75, 3.05) is 19.0 Å². The first-order valence-corrected chi connectivity index (χ1v) is 10.8. The Morgan fingerprint density at radius 3 is 2.68 bits per heavy atom. The van der Waals surface area contributed by atoms with E-state index in [9.17, 15) is 9.59 Å². The lowest BCUT2D eigenvalue weighted by Gasteiger charge is -2.11. The number of carbonyl (C=O) groups excluding carboxylic acids is 2. The fraction of sp³-hybridized carbons (Fsp3) is 0.450. The molecule has 0 fully saturated rings. The highest BCUT2D eigenvalue weighted by atomic mass is 79.9. The van der Waals surface area contributed by atoms with Crippen LogP contribution in [0, 0.1) is 0 Å². The van der Waals surface area contributed by atoms with Gasteiger partial charge in [-0.25, -0.2) is 9.78 Å². The number of rotatable bonds is 9. The van der Waals surface area contributed by atoms with Crippen molar-refractivity contribution in [2.45, 2.75) is 46.0 Å². The summed E-state index contributed by atoms with van der Waals surface area (Å²) in [7, 11) is 1.33. The Morgan fingerprint density at radius 2 is 2.07 bits per heavy atom. The van der Waals surface area contributed by atoms with Crippen LogP contribution in [0.5, 0.6) is 5.75 Å². The third kappa shape index (κ3) is 6.04. The zero-order valence-electron chi connectivity index (χ0n) is 16.5. The third-order valence-corrected chi connectivity index (χ3v) is 5.69. The molecule has 2 rings (SSSR count). The molecule has 0 unspecified atom stereocenters. The molecule has 8 heteroatoms. The normalized spacial score (nSPS) is 10.8. The Hall–Kier alpha value is -1.93. The summed E-state index contributed by atoms with van der Waals surface area (Å²) in [4.78, 5) is 28.6. The molecule has 28 heavy (non-hydrogen) atoms. The summed E-state index contributed by atoms with van der Waals surface area (Å²) >= 11 is 4.66. The topological polar surface area (TPSA) is 77.5 Å². The highest BCUT2D eigenvalue weighted by Gasteiger charge is 2.18. The minimum Gasteiger partial charge on any atom is -0.492 e. The smallest absolute Gasteiger partial charge is 0.350 e. The number of hydrogen-bond acceptors (Lipinski definition) is 6. The van der Waals surface area contributed by atoms with Gasteiger partial charge < -0.3 is 14.8 Å². The Kier molecular flexibility index (Phi) is 8.44. The van der Waals surface area contributed by atoms with Crippen LogP contribution in [0.3, 0.4) is 0 Å². The van der Waals surface area contributed by atoms with Crippen LogP contribution in [-0.2, 0) is 16.0 Å². The number of methoxy groups -OCH3 is 1. The number of nitrogens with one attached hydrogen (secondary N) is 1. The van der Waals surface area contributed by atoms with Gasteiger partial charge in [0.15, 0.2) is 5.13 Å². The largest absolute Gasteiger partial charge is 0.492 e. The van der Waals surface area contributed by atoms with Gasteiger partial charge in [-0.15, -0.1) is 0 Å². The number of carbonyl (C=O) groups is 2. The van der Waals surface area contributed by atoms with Crippen LogP contribution in [-0.4, -0.2) is 30.6 Å². The fourth-order valence-corrected chi connectivity index (χ4v) is 3.99. The van der Waals surface area contributed by atoms with Crippen LogP contribution in [0.25, 0.3) is 0 Å². The van der Waals surface area contributed by atoms with Gasteiger partial charge in [-0.3, -0.25) is 4.79 Å². The van der Waals surface area contributed by atoms with Crippen molar-refractivity contribution in [3.05, 3.63) is 38.8 Å². The average Bonchev–Trinajstić information content (AvgIpc) is 3.08. The average molecular weight is 469 g/mol. The van der Waals surface area contributed by atoms with Crippen LogP contribution in [0.4, 0.5) is 5.13 Å². The number of thiazole rings is 1. The molecule has 1 heterocycles. The second-order valence-corrected chi connectivity index (χ2v) is 8.34. The zero-order chi connectivity index (χ0) is 20.7. The summed E-state index contributed by atoms with van der Waals surface area (Å²) in [5.74, 6) is 0.621. The molecule has 1 aromatic heterocycles. The first-order chi connectivity index (χ1) is 13.3. The van der Waals surface area contributed by atoms with Gasteiger partial charge in [0.1, 0.15) is 10.6 Å². The molecule has 0 spiro atoms. The summed E-state index contributed by atoms with van der Waals surface area (Å²) in [5.41, 5.74) is 1.87. The van der Waals surface area contributed by atoms with E-state index in [-0.39, 0.29) is 5.91 Å². The number of ether oxygens (including phenoxy) is 2. The second-order valence-electron chi connectivity index (χ2n) is 6.48. The van der Waals surface area contributed by atoms with E-state index in [0.29, 0.717) is 47.5 Å². The van der Waals surface area contributed by atoms with Crippen LogP contribution >= 0.6 is 27.3 Å². The maximum atomic E-state index is 12.1. The van der Waals surface area contributed by atoms with E-state index in [0.717, 1.165) is 21.6 Å². The molecule has 0 saturated heterocycles. The van der Waals surface area contributed by atoms with Crippen molar-refractivity contribution in [2.24, 2.45) is 0 Å². The van der Waals surface area contributed by atoms with Gasteiger partial charge in [0.25, 0.3) is 0 Å². The number of amides is 1. The van der Waals surface area contributed by atoms with Gasteiger partial charge in [0.05, 0.1) is 23.9 Å². The number of esters is 1. The fourth-order valence-electron chi connectivity index (χ4n) is 2.49. The number of aryl methyl sites for hydroxylation is 1. The van der Waals surface area contributed by atoms with E-state index < -0.39 is 5.97 Å². The molecule has 0 radical (unpaired) electrons. The van der Waals surface area contributed by atoms with E-state index in [1.165, 1.54) is 12.7 Å². The molecular formula is C20H25BrN2O4S. The van der Waals surface area contributed by atoms with Crippen LogP contribution in [0.2, 0.25) is 0 Å². The van der Waals surface area contributed by atoms with Gasteiger partial charge in [-0.05, 0) is 52.4 Å². The van der Waals surface area contributed by atoms with Crippen LogP contribution in [0.15, 0.2) is 22.7 Å². The maximum absolute atomic E-state index is 12.1. The molecule has 0 saturated carbocycles. The Balaban J connectivity index is 1.82. The Morgan fingerprint density at radius 1 is 1.32 bits per heavy atom. The zero-order valence-corrected chi connectivity index (χ0v) is 18.9. The van der Waals surface area contributed by atoms with Gasteiger partial charge in [0, 0.05) is 6.42 Å². The molecule has 0 aliphatic rings. The summed E-state index contributed by atoms with van der Waals surface area (Å²) in [6, 6.07) is 6.04. The molecule has 6 nitrogen and oxygen atoms in total. The molecule has 0 atom stereocenters. The molecule has 1 amide bonds. The van der Waals surface area contributed by atoms with E-state index in [1.54, 1.807) is 0 Å². The number of benzene rings is 1. The standard InChI is InChI=1S/C20H25BrN2O4S/c1-5-15-18(19(25)26-4)28-20(22-15)23-17(24)7-6-10-27-16-9-8-13(12(2)3)11-14(16)21/h8-9,11-12H,5-7,10H2,1-4H3,(H,22,23,24). The van der Waals surface area contributed by atoms with Crippen molar-refractivity contribution >= 4 is 44.3 Å². The van der Waals surface area contributed by atoms with E-state index >= 15 is 0 Å². The molecule has 0 aliphatic carbocycles. The Bertz CT molecular complexity index is 836. The van der Waals surface area contributed by atoms with E-state index in [2.05, 4.69) is 46.1 Å². The third-order valence-electron chi connectivity index (χ3n) is 4.08. The predicted octanol–water partition coefficient (Wildman–Crippen LogP) is 5.18. The van der Waals surface area contributed by atoms with Crippen molar-refractivity contribution in [1.29, 1.82) is 0 Å². The van der Waals surface area contributed by atoms with Crippen molar-refractivity contribution in [1.82, 2.24) is 4.98 Å². The van der Waals surface area contributed by atoms with E-state index in [1.807, 2.05) is 19.1 Å². The van der Waals surface area contributed by atoms with Gasteiger partial charge in [-0.1, -0.05) is 38.2 Å². The second kappa shape index (κ2) is 10.6. The maximum Gasteiger partial charge on any atom is 0.350 e. The summed E-state index contributed by atoms with van der Waals surface area (Å²) in [6.45, 7) is 6.61. The van der Waals surface area contributed by atoms with Crippen molar-refractivity contribution in [3.8, 4) is 5.75 Å². The summed E-state index contributed by atoms with van der Waals surface area (Å²) in [5, 5.41) is 3.15. The lowest BCUT2D eigenvalue weighted by atomic mass is 10.0. The number of anilines is 1. The highest BCUT2D eigenvalue weighted by molar-refractivity contribution is 9.10. The molecule has 2 aromatic rings. The molecular weight excluding hydrogens is 444 g/mol. The first-order valence-electron chi connectivity index (χ1n) is 9.15. The summed E-state index contributed by atoms with van der Waals surface area (Å²) in [6.07, 6.45) is 1.46. The number of halogens is 1. The molecule has 0 bridgehead atoms. The Labute approximate surface area is 177 Å². The van der Waals surface area contributed by atoms with Gasteiger partial charge in [0.2, 0.25) is 5.91 Å². The van der Waals surface area contributed by atoms with Crippen molar-refractivity contribution in [3.63, 3.8) is 0 Å². The van der Waals surface area contributed by atoms with Gasteiger partial charge >= 0.3 is 5.97 Å². The lowest BCUT2D eigenvalue weighted by Crippen LogP contribution is -2.12. The summed E-state index contributed by atoms with van der Waals surface area (Å²) < 4.78 is 11.4. The van der Waals surface area contributed by atoms with E-state index in [4.69, 9.17) is 9.47 Å². The molecule has 1 aromatic carbocycles. The lowest BCUT2D eigenvalue weighted by molar-refractivity contribution is -0.116. The van der Waals surface area contributed by atoms with Crippen LogP contribution in [0.1, 0.15) is 60.5 Å². The van der Waals surface area contributed by atoms with Crippen molar-refractivity contribution < 1.29 is 19.1 Å². The SMILES string of the molecule is CCc1nc(NC(=O)CCCOc2ccc(C(C)C)cc2Br)sc1C(=O)OC. The highest BCUT2D eigenvalue weighted by Crippen LogP contribution is 2.29.